The zero-order valence-corrected chi connectivity index (χ0v) is 20.3. The van der Waals surface area contributed by atoms with Crippen LogP contribution in [0.1, 0.15) is 56.2 Å². The van der Waals surface area contributed by atoms with Gasteiger partial charge in [0.2, 0.25) is 5.82 Å². The van der Waals surface area contributed by atoms with Crippen LogP contribution in [0.2, 0.25) is 0 Å². The summed E-state index contributed by atoms with van der Waals surface area (Å²) >= 11 is 0. The van der Waals surface area contributed by atoms with E-state index in [1.54, 1.807) is 12.3 Å². The minimum Gasteiger partial charge on any atom is -0.465 e. The van der Waals surface area contributed by atoms with Crippen molar-refractivity contribution < 1.29 is 14.4 Å². The summed E-state index contributed by atoms with van der Waals surface area (Å²) in [5, 5.41) is 26.4. The summed E-state index contributed by atoms with van der Waals surface area (Å²) in [7, 11) is 0. The maximum atomic E-state index is 11.7. The normalized spacial score (nSPS) is 15.4. The van der Waals surface area contributed by atoms with E-state index in [-0.39, 0.29) is 11.8 Å². The van der Waals surface area contributed by atoms with Crippen LogP contribution in [0.5, 0.6) is 0 Å². The Balaban J connectivity index is 1.62. The third-order valence-electron chi connectivity index (χ3n) is 6.18. The zero-order chi connectivity index (χ0) is 24.9. The number of rotatable bonds is 7. The lowest BCUT2D eigenvalue weighted by atomic mass is 9.86. The SMILES string of the molecule is CCCNc1ncc(-c2nc(-c3ccc4c(c3)CCN(C(=O)O)CC4CC(C)C)no2)cc1C#N. The molecule has 4 rings (SSSR count). The van der Waals surface area contributed by atoms with Crippen molar-refractivity contribution in [1.29, 1.82) is 5.26 Å². The maximum absolute atomic E-state index is 11.7. The average Bonchev–Trinajstić information content (AvgIpc) is 3.27. The van der Waals surface area contributed by atoms with E-state index in [1.165, 1.54) is 10.5 Å². The van der Waals surface area contributed by atoms with E-state index >= 15 is 0 Å². The maximum Gasteiger partial charge on any atom is 0.407 e. The van der Waals surface area contributed by atoms with Gasteiger partial charge in [-0.1, -0.05) is 38.1 Å². The molecule has 3 heterocycles. The molecule has 9 heteroatoms. The molecule has 0 saturated carbocycles. The molecule has 0 radical (unpaired) electrons. The number of benzene rings is 1. The number of aromatic nitrogens is 3. The van der Waals surface area contributed by atoms with Crippen LogP contribution in [-0.4, -0.2) is 50.9 Å². The van der Waals surface area contributed by atoms with Crippen molar-refractivity contribution in [3.63, 3.8) is 0 Å². The first-order valence-electron chi connectivity index (χ1n) is 12.0. The summed E-state index contributed by atoms with van der Waals surface area (Å²) < 4.78 is 5.50. The van der Waals surface area contributed by atoms with Crippen molar-refractivity contribution in [2.75, 3.05) is 25.0 Å². The molecule has 1 atom stereocenters. The van der Waals surface area contributed by atoms with Crippen LogP contribution in [0, 0.1) is 17.2 Å². The predicted molar refractivity (Wildman–Crippen MR) is 132 cm³/mol. The van der Waals surface area contributed by atoms with E-state index < -0.39 is 6.09 Å². The molecule has 0 bridgehead atoms. The predicted octanol–water partition coefficient (Wildman–Crippen LogP) is 5.16. The second-order valence-corrected chi connectivity index (χ2v) is 9.30. The first-order valence-corrected chi connectivity index (χ1v) is 12.0. The van der Waals surface area contributed by atoms with Gasteiger partial charge in [-0.3, -0.25) is 0 Å². The van der Waals surface area contributed by atoms with Gasteiger partial charge in [0.25, 0.3) is 5.89 Å². The Morgan fingerprint density at radius 1 is 1.34 bits per heavy atom. The molecule has 0 fully saturated rings. The summed E-state index contributed by atoms with van der Waals surface area (Å²) in [6.07, 6.45) is 3.21. The number of nitrogens with zero attached hydrogens (tertiary/aromatic N) is 5. The Kier molecular flexibility index (Phi) is 7.30. The van der Waals surface area contributed by atoms with E-state index in [0.29, 0.717) is 48.2 Å². The second-order valence-electron chi connectivity index (χ2n) is 9.30. The molecule has 3 aromatic rings. The van der Waals surface area contributed by atoms with Crippen LogP contribution in [0.3, 0.4) is 0 Å². The minimum absolute atomic E-state index is 0.147. The number of anilines is 1. The van der Waals surface area contributed by atoms with Gasteiger partial charge < -0.3 is 19.8 Å². The van der Waals surface area contributed by atoms with Crippen molar-refractivity contribution in [1.82, 2.24) is 20.0 Å². The fourth-order valence-electron chi connectivity index (χ4n) is 4.52. The van der Waals surface area contributed by atoms with Gasteiger partial charge in [0, 0.05) is 37.3 Å². The number of nitriles is 1. The minimum atomic E-state index is -0.879. The quantitative estimate of drug-likeness (QED) is 0.481. The summed E-state index contributed by atoms with van der Waals surface area (Å²) in [4.78, 5) is 22.1. The van der Waals surface area contributed by atoms with Crippen molar-refractivity contribution in [2.45, 2.75) is 46.0 Å². The molecule has 9 nitrogen and oxygen atoms in total. The smallest absolute Gasteiger partial charge is 0.407 e. The third-order valence-corrected chi connectivity index (χ3v) is 6.18. The lowest BCUT2D eigenvalue weighted by Gasteiger charge is -2.24. The monoisotopic (exact) mass is 474 g/mol. The largest absolute Gasteiger partial charge is 0.465 e. The highest BCUT2D eigenvalue weighted by atomic mass is 16.5. The van der Waals surface area contributed by atoms with Crippen molar-refractivity contribution >= 4 is 11.9 Å². The van der Waals surface area contributed by atoms with Crippen LogP contribution in [0.15, 0.2) is 35.0 Å². The molecule has 1 aliphatic heterocycles. The molecule has 0 saturated heterocycles. The standard InChI is InChI=1S/C26H30N6O3/c1-4-8-28-23-19(13-27)12-20(14-29-23)25-30-24(31-35-25)18-5-6-22-17(11-18)7-9-32(26(33)34)15-21(22)10-16(2)3/h5-6,11-12,14,16,21H,4,7-10,15H2,1-3H3,(H,28,29)(H,33,34). The molecular formula is C26H30N6O3. The van der Waals surface area contributed by atoms with Crippen molar-refractivity contribution in [3.8, 4) is 28.9 Å². The number of hydrogen-bond acceptors (Lipinski definition) is 7. The fraction of sp³-hybridized carbons (Fsp3) is 0.423. The van der Waals surface area contributed by atoms with Crippen LogP contribution in [0.4, 0.5) is 10.6 Å². The molecule has 2 N–H and O–H groups in total. The summed E-state index contributed by atoms with van der Waals surface area (Å²) in [6, 6.07) is 9.93. The molecule has 35 heavy (non-hydrogen) atoms. The molecular weight excluding hydrogens is 444 g/mol. The molecule has 1 aromatic carbocycles. The topological polar surface area (TPSA) is 128 Å². The van der Waals surface area contributed by atoms with Gasteiger partial charge in [-0.25, -0.2) is 9.78 Å². The number of fused-ring (bicyclic) bond motifs is 1. The number of hydrogen-bond donors (Lipinski definition) is 2. The Hall–Kier alpha value is -3.93. The molecule has 1 amide bonds. The second kappa shape index (κ2) is 10.6. The van der Waals surface area contributed by atoms with Gasteiger partial charge >= 0.3 is 6.09 Å². The van der Waals surface area contributed by atoms with Gasteiger partial charge in [-0.15, -0.1) is 0 Å². The van der Waals surface area contributed by atoms with Gasteiger partial charge in [0.1, 0.15) is 11.9 Å². The van der Waals surface area contributed by atoms with Crippen molar-refractivity contribution in [3.05, 3.63) is 47.2 Å². The highest BCUT2D eigenvalue weighted by Crippen LogP contribution is 2.33. The molecule has 0 spiro atoms. The Labute approximate surface area is 204 Å². The van der Waals surface area contributed by atoms with Crippen LogP contribution in [0.25, 0.3) is 22.8 Å². The van der Waals surface area contributed by atoms with E-state index in [0.717, 1.165) is 30.5 Å². The Morgan fingerprint density at radius 2 is 2.17 bits per heavy atom. The summed E-state index contributed by atoms with van der Waals surface area (Å²) in [5.41, 5.74) is 4.10. The van der Waals surface area contributed by atoms with Gasteiger partial charge in [-0.2, -0.15) is 10.2 Å². The number of nitrogens with one attached hydrogen (secondary N) is 1. The Morgan fingerprint density at radius 3 is 2.89 bits per heavy atom. The van der Waals surface area contributed by atoms with E-state index in [4.69, 9.17) is 4.52 Å². The highest BCUT2D eigenvalue weighted by Gasteiger charge is 2.27. The summed E-state index contributed by atoms with van der Waals surface area (Å²) in [5.74, 6) is 1.87. The van der Waals surface area contributed by atoms with E-state index in [2.05, 4.69) is 46.4 Å². The van der Waals surface area contributed by atoms with Gasteiger partial charge in [-0.05, 0) is 48.4 Å². The van der Waals surface area contributed by atoms with E-state index in [1.807, 2.05) is 19.1 Å². The van der Waals surface area contributed by atoms with Crippen LogP contribution >= 0.6 is 0 Å². The first-order chi connectivity index (χ1) is 16.9. The molecule has 2 aromatic heterocycles. The third kappa shape index (κ3) is 5.43. The molecule has 0 aliphatic carbocycles. The van der Waals surface area contributed by atoms with Gasteiger partial charge in [0.05, 0.1) is 11.1 Å². The van der Waals surface area contributed by atoms with Crippen LogP contribution < -0.4 is 5.32 Å². The molecule has 182 valence electrons. The van der Waals surface area contributed by atoms with E-state index in [9.17, 15) is 15.2 Å². The zero-order valence-electron chi connectivity index (χ0n) is 20.3. The first kappa shape index (κ1) is 24.2. The lowest BCUT2D eigenvalue weighted by molar-refractivity contribution is 0.142. The number of amides is 1. The van der Waals surface area contributed by atoms with Crippen molar-refractivity contribution in [2.24, 2.45) is 5.92 Å². The number of carboxylic acid groups (broad SMARTS) is 1. The fourth-order valence-corrected chi connectivity index (χ4v) is 4.52. The molecule has 1 aliphatic rings. The summed E-state index contributed by atoms with van der Waals surface area (Å²) in [6.45, 7) is 8.05. The highest BCUT2D eigenvalue weighted by molar-refractivity contribution is 5.66. The lowest BCUT2D eigenvalue weighted by Crippen LogP contribution is -2.33. The van der Waals surface area contributed by atoms with Crippen LogP contribution in [-0.2, 0) is 6.42 Å². The van der Waals surface area contributed by atoms with Gasteiger partial charge in [0.15, 0.2) is 0 Å². The Bertz CT molecular complexity index is 1250. The number of pyridine rings is 1. The number of carbonyl (C=O) groups is 1. The average molecular weight is 475 g/mol. The molecule has 1 unspecified atom stereocenters.